The molecule has 0 aliphatic carbocycles. The molecule has 1 saturated heterocycles. The first-order valence-corrected chi connectivity index (χ1v) is 15.0. The smallest absolute Gasteiger partial charge is 0.410 e. The van der Waals surface area contributed by atoms with Crippen LogP contribution in [0.2, 0.25) is 0 Å². The van der Waals surface area contributed by atoms with E-state index < -0.39 is 34.9 Å². The number of aromatic nitrogens is 2. The minimum Gasteiger partial charge on any atom is -0.480 e. The van der Waals surface area contributed by atoms with Gasteiger partial charge in [0.2, 0.25) is 5.91 Å². The third kappa shape index (κ3) is 6.36. The zero-order valence-electron chi connectivity index (χ0n) is 24.5. The normalized spacial score (nSPS) is 16.3. The molecule has 0 bridgehead atoms. The Bertz CT molecular complexity index is 1750. The van der Waals surface area contributed by atoms with Crippen molar-refractivity contribution in [3.63, 3.8) is 0 Å². The number of piperazine rings is 1. The lowest BCUT2D eigenvalue weighted by atomic mass is 10.1. The first-order valence-electron chi connectivity index (χ1n) is 14.1. The Labute approximate surface area is 253 Å². The topological polar surface area (TPSA) is 122 Å². The van der Waals surface area contributed by atoms with Crippen molar-refractivity contribution in [3.05, 3.63) is 82.6 Å². The molecule has 10 nitrogen and oxygen atoms in total. The van der Waals surface area contributed by atoms with E-state index in [0.717, 1.165) is 22.5 Å². The van der Waals surface area contributed by atoms with Crippen LogP contribution >= 0.6 is 11.8 Å². The van der Waals surface area contributed by atoms with Gasteiger partial charge in [0, 0.05) is 19.6 Å². The summed E-state index contributed by atoms with van der Waals surface area (Å²) in [6.45, 7) is 7.31. The highest BCUT2D eigenvalue weighted by Gasteiger charge is 2.41. The second-order valence-corrected chi connectivity index (χ2v) is 12.5. The molecule has 43 heavy (non-hydrogen) atoms. The van der Waals surface area contributed by atoms with Gasteiger partial charge in [-0.15, -0.1) is 0 Å². The SMILES string of the molecule is CCn1c(SC(C(=O)N2CCN(C(=O)OC(C)(C)C)C[C@@H]2C(=O)O)c2ccccc2)nc2cc3ccccc3cc2c1=O. The van der Waals surface area contributed by atoms with Crippen molar-refractivity contribution in [2.75, 3.05) is 19.6 Å². The summed E-state index contributed by atoms with van der Waals surface area (Å²) in [5.41, 5.74) is 0.206. The largest absolute Gasteiger partial charge is 0.480 e. The van der Waals surface area contributed by atoms with Gasteiger partial charge in [-0.2, -0.15) is 0 Å². The molecule has 2 heterocycles. The molecule has 224 valence electrons. The zero-order valence-corrected chi connectivity index (χ0v) is 25.3. The van der Waals surface area contributed by atoms with Crippen LogP contribution in [0, 0.1) is 0 Å². The number of hydrogen-bond acceptors (Lipinski definition) is 7. The quantitative estimate of drug-likeness (QED) is 0.187. The summed E-state index contributed by atoms with van der Waals surface area (Å²) in [5.74, 6) is -1.66. The predicted octanol–water partition coefficient (Wildman–Crippen LogP) is 4.94. The lowest BCUT2D eigenvalue weighted by Gasteiger charge is -2.40. The molecule has 3 aromatic carbocycles. The van der Waals surface area contributed by atoms with E-state index in [1.165, 1.54) is 9.80 Å². The van der Waals surface area contributed by atoms with Crippen LogP contribution in [0.15, 0.2) is 76.7 Å². The highest BCUT2D eigenvalue weighted by atomic mass is 32.2. The first kappa shape index (κ1) is 30.1. The van der Waals surface area contributed by atoms with Crippen LogP contribution in [-0.4, -0.2) is 73.7 Å². The predicted molar refractivity (Wildman–Crippen MR) is 165 cm³/mol. The fraction of sp³-hybridized carbons (Fsp3) is 0.344. The van der Waals surface area contributed by atoms with E-state index >= 15 is 0 Å². The minimum absolute atomic E-state index is 0.0106. The summed E-state index contributed by atoms with van der Waals surface area (Å²) in [7, 11) is 0. The first-order chi connectivity index (χ1) is 20.5. The number of fused-ring (bicyclic) bond motifs is 2. The van der Waals surface area contributed by atoms with Gasteiger partial charge in [-0.25, -0.2) is 14.6 Å². The molecule has 1 N–H and O–H groups in total. The number of carbonyl (C=O) groups excluding carboxylic acids is 2. The van der Waals surface area contributed by atoms with Crippen LogP contribution < -0.4 is 5.56 Å². The fourth-order valence-electron chi connectivity index (χ4n) is 5.15. The monoisotopic (exact) mass is 602 g/mol. The standard InChI is InChI=1S/C32H34N4O6S/c1-5-35-27(37)23-17-21-13-9-10-14-22(21)18-24(23)33-30(35)43-26(20-11-7-6-8-12-20)28(38)36-16-15-34(19-25(36)29(39)40)31(41)42-32(2,3)4/h6-14,17-18,25-26H,5,15-16,19H2,1-4H3,(H,39,40)/t25-,26?/m1/s1. The van der Waals surface area contributed by atoms with Crippen molar-refractivity contribution >= 4 is 51.4 Å². The Morgan fingerprint density at radius 3 is 2.30 bits per heavy atom. The number of benzene rings is 3. The maximum absolute atomic E-state index is 14.2. The Balaban J connectivity index is 1.52. The molecule has 0 spiro atoms. The van der Waals surface area contributed by atoms with Crippen molar-refractivity contribution in [1.82, 2.24) is 19.4 Å². The second kappa shape index (κ2) is 12.1. The minimum atomic E-state index is -1.27. The van der Waals surface area contributed by atoms with Gasteiger partial charge < -0.3 is 19.6 Å². The molecule has 1 aliphatic rings. The molecule has 2 atom stereocenters. The molecule has 0 saturated carbocycles. The third-order valence-electron chi connectivity index (χ3n) is 7.25. The summed E-state index contributed by atoms with van der Waals surface area (Å²) in [4.78, 5) is 60.5. The molecule has 4 aromatic rings. The molecule has 5 rings (SSSR count). The van der Waals surface area contributed by atoms with E-state index in [1.54, 1.807) is 49.6 Å². The molecule has 1 unspecified atom stereocenters. The number of aliphatic carboxylic acids is 1. The number of carboxylic acid groups (broad SMARTS) is 1. The van der Waals surface area contributed by atoms with Gasteiger partial charge in [0.1, 0.15) is 16.9 Å². The number of ether oxygens (including phenoxy) is 1. The zero-order chi connectivity index (χ0) is 30.9. The third-order valence-corrected chi connectivity index (χ3v) is 8.48. The number of amides is 2. The molecule has 1 aliphatic heterocycles. The van der Waals surface area contributed by atoms with Gasteiger partial charge in [0.25, 0.3) is 5.56 Å². The Morgan fingerprint density at radius 1 is 1.02 bits per heavy atom. The number of hydrogen-bond donors (Lipinski definition) is 1. The Morgan fingerprint density at radius 2 is 1.67 bits per heavy atom. The van der Waals surface area contributed by atoms with Crippen LogP contribution in [0.4, 0.5) is 4.79 Å². The van der Waals surface area contributed by atoms with Gasteiger partial charge in [0.15, 0.2) is 5.16 Å². The fourth-order valence-corrected chi connectivity index (χ4v) is 6.38. The summed E-state index contributed by atoms with van der Waals surface area (Å²) < 4.78 is 6.98. The highest BCUT2D eigenvalue weighted by Crippen LogP contribution is 2.37. The van der Waals surface area contributed by atoms with Gasteiger partial charge in [-0.05, 0) is 56.2 Å². The maximum atomic E-state index is 14.2. The lowest BCUT2D eigenvalue weighted by molar-refractivity contribution is -0.153. The van der Waals surface area contributed by atoms with Crippen molar-refractivity contribution in [2.45, 2.75) is 56.3 Å². The van der Waals surface area contributed by atoms with Crippen LogP contribution in [0.5, 0.6) is 0 Å². The number of carbonyl (C=O) groups is 3. The molecule has 11 heteroatoms. The highest BCUT2D eigenvalue weighted by molar-refractivity contribution is 8.00. The lowest BCUT2D eigenvalue weighted by Crippen LogP contribution is -2.60. The van der Waals surface area contributed by atoms with Crippen LogP contribution in [0.3, 0.4) is 0 Å². The molecule has 1 fully saturated rings. The summed E-state index contributed by atoms with van der Waals surface area (Å²) in [5, 5.41) is 11.9. The van der Waals surface area contributed by atoms with E-state index in [1.807, 2.05) is 49.4 Å². The molecule has 0 radical (unpaired) electrons. The molecule has 2 amide bonds. The van der Waals surface area contributed by atoms with E-state index in [9.17, 15) is 24.3 Å². The van der Waals surface area contributed by atoms with Crippen LogP contribution in [-0.2, 0) is 20.9 Å². The second-order valence-electron chi connectivity index (χ2n) is 11.4. The molecule has 1 aromatic heterocycles. The van der Waals surface area contributed by atoms with Crippen molar-refractivity contribution in [2.24, 2.45) is 0 Å². The molecular weight excluding hydrogens is 568 g/mol. The van der Waals surface area contributed by atoms with Crippen LogP contribution in [0.25, 0.3) is 21.7 Å². The number of thioether (sulfide) groups is 1. The van der Waals surface area contributed by atoms with Gasteiger partial charge in [-0.3, -0.25) is 14.2 Å². The number of nitrogens with zero attached hydrogens (tertiary/aromatic N) is 4. The average Bonchev–Trinajstić information content (AvgIpc) is 2.98. The van der Waals surface area contributed by atoms with Crippen molar-refractivity contribution < 1.29 is 24.2 Å². The maximum Gasteiger partial charge on any atom is 0.410 e. The number of rotatable bonds is 6. The van der Waals surface area contributed by atoms with Crippen molar-refractivity contribution in [1.29, 1.82) is 0 Å². The van der Waals surface area contributed by atoms with E-state index in [4.69, 9.17) is 9.72 Å². The Kier molecular flexibility index (Phi) is 8.45. The summed E-state index contributed by atoms with van der Waals surface area (Å²) in [6.07, 6.45) is -0.625. The van der Waals surface area contributed by atoms with E-state index in [-0.39, 0.29) is 25.2 Å². The van der Waals surface area contributed by atoms with Crippen LogP contribution in [0.1, 0.15) is 38.5 Å². The van der Waals surface area contributed by atoms with E-state index in [0.29, 0.717) is 28.2 Å². The van der Waals surface area contributed by atoms with Crippen molar-refractivity contribution in [3.8, 4) is 0 Å². The van der Waals surface area contributed by atoms with Gasteiger partial charge >= 0.3 is 12.1 Å². The van der Waals surface area contributed by atoms with E-state index in [2.05, 4.69) is 0 Å². The summed E-state index contributed by atoms with van der Waals surface area (Å²) in [6, 6.07) is 19.2. The molecular formula is C32H34N4O6S. The van der Waals surface area contributed by atoms with Gasteiger partial charge in [-0.1, -0.05) is 66.4 Å². The summed E-state index contributed by atoms with van der Waals surface area (Å²) >= 11 is 1.12. The van der Waals surface area contributed by atoms with Gasteiger partial charge in [0.05, 0.1) is 17.4 Å². The average molecular weight is 603 g/mol. The number of carboxylic acids is 1. The Hall–Kier alpha value is -4.38.